The zero-order valence-electron chi connectivity index (χ0n) is 14.2. The Labute approximate surface area is 142 Å². The molecule has 0 amide bonds. The molecule has 4 heteroatoms. The van der Waals surface area contributed by atoms with Gasteiger partial charge in [-0.3, -0.25) is 4.90 Å². The van der Waals surface area contributed by atoms with Crippen molar-refractivity contribution in [2.45, 2.75) is 19.4 Å². The van der Waals surface area contributed by atoms with Gasteiger partial charge in [0.2, 0.25) is 0 Å². The number of methoxy groups -OCH3 is 1. The molecule has 1 N–H and O–H groups in total. The molecule has 0 bridgehead atoms. The van der Waals surface area contributed by atoms with Crippen LogP contribution in [0.25, 0.3) is 0 Å². The summed E-state index contributed by atoms with van der Waals surface area (Å²) in [6.07, 6.45) is 0. The third kappa shape index (κ3) is 2.51. The second-order valence-corrected chi connectivity index (χ2v) is 6.83. The third-order valence-electron chi connectivity index (χ3n) is 5.32. The van der Waals surface area contributed by atoms with Crippen LogP contribution in [0.5, 0.6) is 17.2 Å². The van der Waals surface area contributed by atoms with Crippen molar-refractivity contribution in [3.8, 4) is 17.2 Å². The molecular formula is C20H23NO3. The lowest BCUT2D eigenvalue weighted by Crippen LogP contribution is -2.25. The summed E-state index contributed by atoms with van der Waals surface area (Å²) < 4.78 is 11.3. The smallest absolute Gasteiger partial charge is 0.165 e. The van der Waals surface area contributed by atoms with Crippen LogP contribution in [-0.2, 0) is 6.54 Å². The van der Waals surface area contributed by atoms with Gasteiger partial charge in [0.1, 0.15) is 5.75 Å². The highest BCUT2D eigenvalue weighted by atomic mass is 16.5. The molecule has 1 saturated heterocycles. The zero-order chi connectivity index (χ0) is 16.7. The molecular weight excluding hydrogens is 302 g/mol. The Morgan fingerprint density at radius 1 is 1.25 bits per heavy atom. The van der Waals surface area contributed by atoms with Crippen molar-refractivity contribution in [3.63, 3.8) is 0 Å². The van der Waals surface area contributed by atoms with E-state index in [9.17, 15) is 5.11 Å². The largest absolute Gasteiger partial charge is 0.504 e. The predicted molar refractivity (Wildman–Crippen MR) is 92.8 cm³/mol. The van der Waals surface area contributed by atoms with Crippen LogP contribution in [0.2, 0.25) is 0 Å². The molecule has 2 aromatic carbocycles. The Hall–Kier alpha value is -2.20. The predicted octanol–water partition coefficient (Wildman–Crippen LogP) is 3.32. The monoisotopic (exact) mass is 325 g/mol. The van der Waals surface area contributed by atoms with Crippen molar-refractivity contribution in [2.24, 2.45) is 5.92 Å². The molecule has 0 aromatic heterocycles. The summed E-state index contributed by atoms with van der Waals surface area (Å²) in [4.78, 5) is 2.48. The van der Waals surface area contributed by atoms with Crippen molar-refractivity contribution in [1.82, 2.24) is 4.90 Å². The van der Waals surface area contributed by atoms with E-state index in [4.69, 9.17) is 9.47 Å². The SMILES string of the molecule is COc1cc2c(c(O)c1C)OC[C@@H]1CN(Cc3ccccc3)C[C@H]21. The van der Waals surface area contributed by atoms with Gasteiger partial charge >= 0.3 is 0 Å². The number of likely N-dealkylation sites (tertiary alicyclic amines) is 1. The van der Waals surface area contributed by atoms with E-state index in [2.05, 4.69) is 35.2 Å². The third-order valence-corrected chi connectivity index (χ3v) is 5.32. The molecule has 1 fully saturated rings. The summed E-state index contributed by atoms with van der Waals surface area (Å²) >= 11 is 0. The van der Waals surface area contributed by atoms with Crippen molar-refractivity contribution in [2.75, 3.05) is 26.8 Å². The topological polar surface area (TPSA) is 41.9 Å². The fourth-order valence-electron chi connectivity index (χ4n) is 4.02. The van der Waals surface area contributed by atoms with Crippen LogP contribution in [0.1, 0.15) is 22.6 Å². The van der Waals surface area contributed by atoms with Gasteiger partial charge in [0.15, 0.2) is 11.5 Å². The second kappa shape index (κ2) is 6.02. The fraction of sp³-hybridized carbons (Fsp3) is 0.400. The number of benzene rings is 2. The van der Waals surface area contributed by atoms with Crippen LogP contribution in [0.3, 0.4) is 0 Å². The summed E-state index contributed by atoms with van der Waals surface area (Å²) in [5.74, 6) is 2.46. The lowest BCUT2D eigenvalue weighted by molar-refractivity contribution is 0.203. The molecule has 2 aliphatic rings. The molecule has 24 heavy (non-hydrogen) atoms. The highest BCUT2D eigenvalue weighted by Crippen LogP contribution is 2.49. The van der Waals surface area contributed by atoms with E-state index >= 15 is 0 Å². The second-order valence-electron chi connectivity index (χ2n) is 6.83. The molecule has 0 spiro atoms. The number of ether oxygens (including phenoxy) is 2. The minimum atomic E-state index is 0.226. The van der Waals surface area contributed by atoms with Crippen LogP contribution in [-0.4, -0.2) is 36.8 Å². The van der Waals surface area contributed by atoms with Gasteiger partial charge in [0.25, 0.3) is 0 Å². The summed E-state index contributed by atoms with van der Waals surface area (Å²) in [5, 5.41) is 10.5. The van der Waals surface area contributed by atoms with E-state index in [1.165, 1.54) is 5.56 Å². The Balaban J connectivity index is 1.61. The molecule has 0 saturated carbocycles. The quantitative estimate of drug-likeness (QED) is 0.940. The van der Waals surface area contributed by atoms with Gasteiger partial charge in [-0.05, 0) is 18.6 Å². The summed E-state index contributed by atoms with van der Waals surface area (Å²) in [6.45, 7) is 5.50. The first-order valence-electron chi connectivity index (χ1n) is 8.47. The molecule has 4 nitrogen and oxygen atoms in total. The van der Waals surface area contributed by atoms with Crippen molar-refractivity contribution in [3.05, 3.63) is 53.1 Å². The van der Waals surface area contributed by atoms with Crippen molar-refractivity contribution in [1.29, 1.82) is 0 Å². The Kier molecular flexibility index (Phi) is 3.85. The van der Waals surface area contributed by atoms with Crippen LogP contribution in [0.4, 0.5) is 0 Å². The molecule has 2 aliphatic heterocycles. The van der Waals surface area contributed by atoms with Crippen LogP contribution < -0.4 is 9.47 Å². The van der Waals surface area contributed by atoms with Crippen molar-refractivity contribution >= 4 is 0 Å². The van der Waals surface area contributed by atoms with E-state index in [-0.39, 0.29) is 5.75 Å². The maximum Gasteiger partial charge on any atom is 0.165 e. The average Bonchev–Trinajstić information content (AvgIpc) is 3.01. The molecule has 126 valence electrons. The van der Waals surface area contributed by atoms with E-state index in [1.54, 1.807) is 7.11 Å². The van der Waals surface area contributed by atoms with E-state index in [0.29, 0.717) is 24.2 Å². The van der Waals surface area contributed by atoms with Gasteiger partial charge in [0, 0.05) is 42.6 Å². The Morgan fingerprint density at radius 3 is 2.79 bits per heavy atom. The van der Waals surface area contributed by atoms with Crippen LogP contribution in [0, 0.1) is 12.8 Å². The molecule has 0 radical (unpaired) electrons. The molecule has 2 aromatic rings. The number of fused-ring (bicyclic) bond motifs is 3. The minimum absolute atomic E-state index is 0.226. The zero-order valence-corrected chi connectivity index (χ0v) is 14.2. The van der Waals surface area contributed by atoms with Crippen LogP contribution >= 0.6 is 0 Å². The molecule has 0 aliphatic carbocycles. The van der Waals surface area contributed by atoms with Gasteiger partial charge < -0.3 is 14.6 Å². The summed E-state index contributed by atoms with van der Waals surface area (Å²) in [7, 11) is 1.64. The van der Waals surface area contributed by atoms with Gasteiger partial charge in [-0.2, -0.15) is 0 Å². The van der Waals surface area contributed by atoms with Gasteiger partial charge in [-0.25, -0.2) is 0 Å². The minimum Gasteiger partial charge on any atom is -0.504 e. The van der Waals surface area contributed by atoms with E-state index in [0.717, 1.165) is 36.5 Å². The highest BCUT2D eigenvalue weighted by molar-refractivity contribution is 5.59. The number of phenols is 1. The van der Waals surface area contributed by atoms with Gasteiger partial charge in [-0.15, -0.1) is 0 Å². The first-order valence-corrected chi connectivity index (χ1v) is 8.47. The molecule has 0 unspecified atom stereocenters. The number of aromatic hydroxyl groups is 1. The van der Waals surface area contributed by atoms with Crippen molar-refractivity contribution < 1.29 is 14.6 Å². The fourth-order valence-corrected chi connectivity index (χ4v) is 4.02. The van der Waals surface area contributed by atoms with Crippen LogP contribution in [0.15, 0.2) is 36.4 Å². The molecule has 4 rings (SSSR count). The highest BCUT2D eigenvalue weighted by Gasteiger charge is 2.40. The summed E-state index contributed by atoms with van der Waals surface area (Å²) in [6, 6.07) is 12.6. The maximum absolute atomic E-state index is 10.5. The van der Waals surface area contributed by atoms with Gasteiger partial charge in [0.05, 0.1) is 13.7 Å². The maximum atomic E-state index is 10.5. The number of phenolic OH excluding ortho intramolecular Hbond substituents is 1. The molecule has 2 heterocycles. The molecule has 2 atom stereocenters. The summed E-state index contributed by atoms with van der Waals surface area (Å²) in [5.41, 5.74) is 3.16. The number of rotatable bonds is 3. The Morgan fingerprint density at radius 2 is 2.04 bits per heavy atom. The van der Waals surface area contributed by atoms with E-state index in [1.807, 2.05) is 13.0 Å². The first kappa shape index (κ1) is 15.3. The average molecular weight is 325 g/mol. The number of nitrogens with zero attached hydrogens (tertiary/aromatic N) is 1. The lowest BCUT2D eigenvalue weighted by atomic mass is 9.86. The Bertz CT molecular complexity index is 744. The number of hydrogen-bond donors (Lipinski definition) is 1. The normalized spacial score (nSPS) is 22.6. The lowest BCUT2D eigenvalue weighted by Gasteiger charge is -2.29. The van der Waals surface area contributed by atoms with E-state index < -0.39 is 0 Å². The number of hydrogen-bond acceptors (Lipinski definition) is 4. The standard InChI is InChI=1S/C20H23NO3/c1-13-18(23-2)8-16-17-11-21(9-14-6-4-3-5-7-14)10-15(17)12-24-20(16)19(13)22/h3-8,15,17,22H,9-12H2,1-2H3/t15-,17-/m0/s1. The first-order chi connectivity index (χ1) is 11.7. The van der Waals surface area contributed by atoms with Gasteiger partial charge in [-0.1, -0.05) is 30.3 Å².